The number of nitrogens with zero attached hydrogens (tertiary/aromatic N) is 2. The molecular weight excluding hydrogens is 548 g/mol. The van der Waals surface area contributed by atoms with E-state index in [2.05, 4.69) is 22.3 Å². The van der Waals surface area contributed by atoms with Crippen LogP contribution in [0.5, 0.6) is 0 Å². The van der Waals surface area contributed by atoms with Crippen LogP contribution < -0.4 is 16.0 Å². The molecule has 3 aliphatic heterocycles. The lowest BCUT2D eigenvalue weighted by Crippen LogP contribution is -2.60. The van der Waals surface area contributed by atoms with Gasteiger partial charge in [0.2, 0.25) is 17.7 Å². The third-order valence-corrected chi connectivity index (χ3v) is 7.74. The van der Waals surface area contributed by atoms with Crippen LogP contribution in [-0.4, -0.2) is 84.9 Å². The molecule has 3 rings (SSSR count). The zero-order chi connectivity index (χ0) is 30.0. The minimum absolute atomic E-state index is 0.0582. The zero-order valence-corrected chi connectivity index (χ0v) is 22.1. The molecule has 0 spiro atoms. The van der Waals surface area contributed by atoms with Crippen LogP contribution in [0.15, 0.2) is 17.1 Å². The standard InChI is InChI=1S/C25H33F6N5O4/c1-23(2)7-5-4-6-15-8-13(19(37)33-15)9-16(11-32-3)34-20(38)17-10-14(24(26,27)28)12-36(17)21(39)18(23)35-22(40)25(29,30)31/h4,6,13-18H,3,5,7-12H2,1-2H3,(H,33,37)(H,34,38)(H,35,40)/b6-4+/t13-,14+,15+,16-,17-,18+/m0/s1. The second-order valence-corrected chi connectivity index (χ2v) is 11.2. The van der Waals surface area contributed by atoms with E-state index in [0.717, 1.165) is 0 Å². The second kappa shape index (κ2) is 11.8. The first-order valence-electron chi connectivity index (χ1n) is 12.9. The Morgan fingerprint density at radius 3 is 2.38 bits per heavy atom. The van der Waals surface area contributed by atoms with Crippen LogP contribution in [-0.2, 0) is 19.2 Å². The van der Waals surface area contributed by atoms with E-state index in [1.165, 1.54) is 13.8 Å². The lowest BCUT2D eigenvalue weighted by atomic mass is 9.79. The Bertz CT molecular complexity index is 1040. The van der Waals surface area contributed by atoms with Crippen molar-refractivity contribution in [2.24, 2.45) is 22.2 Å². The molecule has 40 heavy (non-hydrogen) atoms. The maximum atomic E-state index is 13.7. The summed E-state index contributed by atoms with van der Waals surface area (Å²) in [6.07, 6.45) is -6.77. The largest absolute Gasteiger partial charge is 0.471 e. The average Bonchev–Trinajstić information content (AvgIpc) is 3.43. The molecule has 0 aromatic carbocycles. The van der Waals surface area contributed by atoms with Gasteiger partial charge in [0.1, 0.15) is 12.1 Å². The van der Waals surface area contributed by atoms with Crippen molar-refractivity contribution in [3.8, 4) is 0 Å². The maximum Gasteiger partial charge on any atom is 0.471 e. The van der Waals surface area contributed by atoms with Gasteiger partial charge in [0, 0.05) is 24.5 Å². The van der Waals surface area contributed by atoms with Crippen molar-refractivity contribution in [3.63, 3.8) is 0 Å². The smallest absolute Gasteiger partial charge is 0.350 e. The fraction of sp³-hybridized carbons (Fsp3) is 0.720. The fourth-order valence-electron chi connectivity index (χ4n) is 5.47. The lowest BCUT2D eigenvalue weighted by Gasteiger charge is -2.38. The van der Waals surface area contributed by atoms with Gasteiger partial charge in [-0.25, -0.2) is 0 Å². The van der Waals surface area contributed by atoms with Crippen LogP contribution in [0.3, 0.4) is 0 Å². The minimum atomic E-state index is -5.36. The Balaban J connectivity index is 2.04. The molecule has 2 fully saturated rings. The van der Waals surface area contributed by atoms with Gasteiger partial charge in [0.15, 0.2) is 0 Å². The third-order valence-electron chi connectivity index (χ3n) is 7.74. The molecule has 4 amide bonds. The lowest BCUT2D eigenvalue weighted by molar-refractivity contribution is -0.177. The zero-order valence-electron chi connectivity index (χ0n) is 22.1. The summed E-state index contributed by atoms with van der Waals surface area (Å²) in [5, 5.41) is 7.05. The van der Waals surface area contributed by atoms with Crippen LogP contribution in [0.25, 0.3) is 0 Å². The highest BCUT2D eigenvalue weighted by Gasteiger charge is 2.54. The number of alkyl halides is 6. The van der Waals surface area contributed by atoms with Crippen molar-refractivity contribution < 1.29 is 45.5 Å². The molecule has 2 saturated heterocycles. The van der Waals surface area contributed by atoms with E-state index in [1.54, 1.807) is 17.5 Å². The Kier molecular flexibility index (Phi) is 9.24. The molecule has 0 saturated carbocycles. The number of nitrogens with one attached hydrogen (secondary N) is 3. The summed E-state index contributed by atoms with van der Waals surface area (Å²) in [6.45, 7) is 5.18. The fourth-order valence-corrected chi connectivity index (χ4v) is 5.47. The minimum Gasteiger partial charge on any atom is -0.350 e. The molecule has 3 N–H and O–H groups in total. The van der Waals surface area contributed by atoms with E-state index in [1.807, 2.05) is 0 Å². The van der Waals surface area contributed by atoms with E-state index in [9.17, 15) is 45.5 Å². The topological polar surface area (TPSA) is 120 Å². The van der Waals surface area contributed by atoms with Crippen LogP contribution in [0.4, 0.5) is 26.3 Å². The van der Waals surface area contributed by atoms with E-state index in [-0.39, 0.29) is 37.8 Å². The van der Waals surface area contributed by atoms with E-state index < -0.39 is 78.4 Å². The molecule has 2 bridgehead atoms. The normalized spacial score (nSPS) is 32.6. The van der Waals surface area contributed by atoms with Crippen molar-refractivity contribution in [3.05, 3.63) is 12.2 Å². The highest BCUT2D eigenvalue weighted by molar-refractivity contribution is 5.94. The van der Waals surface area contributed by atoms with Gasteiger partial charge in [-0.05, 0) is 44.2 Å². The first-order chi connectivity index (χ1) is 18.4. The summed E-state index contributed by atoms with van der Waals surface area (Å²) < 4.78 is 80.8. The number of rotatable bonds is 3. The Labute approximate surface area is 227 Å². The highest BCUT2D eigenvalue weighted by Crippen LogP contribution is 2.39. The quantitative estimate of drug-likeness (QED) is 0.269. The number of halogens is 6. The first-order valence-corrected chi connectivity index (χ1v) is 12.9. The van der Waals surface area contributed by atoms with Crippen molar-refractivity contribution in [1.82, 2.24) is 20.9 Å². The van der Waals surface area contributed by atoms with E-state index in [4.69, 9.17) is 0 Å². The van der Waals surface area contributed by atoms with Crippen molar-refractivity contribution in [2.45, 2.75) is 82.5 Å². The number of fused-ring (bicyclic) bond motifs is 3. The Morgan fingerprint density at radius 2 is 1.77 bits per heavy atom. The SMILES string of the molecule is C=NC[C@@H]1C[C@@H]2C[C@@H](/C=C/CCC(C)(C)[C@H](NC(=O)C(F)(F)F)C(=O)N3C[C@H](C(F)(F)F)C[C@H]3C(=O)N1)NC2=O. The summed E-state index contributed by atoms with van der Waals surface area (Å²) in [5.74, 6) is -7.51. The number of carbonyl (C=O) groups is 4. The van der Waals surface area contributed by atoms with E-state index in [0.29, 0.717) is 11.3 Å². The Morgan fingerprint density at radius 1 is 1.10 bits per heavy atom. The molecule has 0 aromatic rings. The molecular formula is C25H33F6N5O4. The highest BCUT2D eigenvalue weighted by atomic mass is 19.4. The molecule has 0 aliphatic carbocycles. The number of carbonyl (C=O) groups excluding carboxylic acids is 4. The van der Waals surface area contributed by atoms with Gasteiger partial charge in [-0.3, -0.25) is 24.2 Å². The van der Waals surface area contributed by atoms with Gasteiger partial charge < -0.3 is 20.9 Å². The average molecular weight is 582 g/mol. The van der Waals surface area contributed by atoms with Gasteiger partial charge in [-0.15, -0.1) is 0 Å². The molecule has 0 aromatic heterocycles. The number of allylic oxidation sites excluding steroid dienone is 1. The summed E-state index contributed by atoms with van der Waals surface area (Å²) in [4.78, 5) is 55.8. The summed E-state index contributed by atoms with van der Waals surface area (Å²) in [7, 11) is 0. The molecule has 3 aliphatic rings. The molecule has 224 valence electrons. The van der Waals surface area contributed by atoms with Crippen LogP contribution in [0.2, 0.25) is 0 Å². The molecule has 6 atom stereocenters. The third kappa shape index (κ3) is 7.33. The number of amides is 4. The van der Waals surface area contributed by atoms with Gasteiger partial charge in [-0.1, -0.05) is 26.0 Å². The number of aliphatic imine (C=N–C) groups is 1. The summed E-state index contributed by atoms with van der Waals surface area (Å²) >= 11 is 0. The summed E-state index contributed by atoms with van der Waals surface area (Å²) in [6, 6.07) is -4.70. The molecule has 3 heterocycles. The summed E-state index contributed by atoms with van der Waals surface area (Å²) in [5.41, 5.74) is -1.37. The molecule has 0 radical (unpaired) electrons. The van der Waals surface area contributed by atoms with Gasteiger partial charge >= 0.3 is 18.3 Å². The first kappa shape index (κ1) is 31.4. The maximum absolute atomic E-state index is 13.7. The van der Waals surface area contributed by atoms with Crippen molar-refractivity contribution in [1.29, 1.82) is 0 Å². The molecule has 0 unspecified atom stereocenters. The van der Waals surface area contributed by atoms with Gasteiger partial charge in [-0.2, -0.15) is 26.3 Å². The van der Waals surface area contributed by atoms with Crippen LogP contribution in [0.1, 0.15) is 46.0 Å². The van der Waals surface area contributed by atoms with Gasteiger partial charge in [0.25, 0.3) is 0 Å². The van der Waals surface area contributed by atoms with Crippen molar-refractivity contribution in [2.75, 3.05) is 13.1 Å². The van der Waals surface area contributed by atoms with Crippen LogP contribution >= 0.6 is 0 Å². The number of hydrogen-bond acceptors (Lipinski definition) is 5. The van der Waals surface area contributed by atoms with E-state index >= 15 is 0 Å². The Hall–Kier alpha value is -3.13. The van der Waals surface area contributed by atoms with Gasteiger partial charge in [0.05, 0.1) is 12.5 Å². The predicted octanol–water partition coefficient (Wildman–Crippen LogP) is 2.27. The van der Waals surface area contributed by atoms with Crippen LogP contribution in [0, 0.1) is 17.3 Å². The molecule has 15 heteroatoms. The van der Waals surface area contributed by atoms with Crippen molar-refractivity contribution >= 4 is 30.3 Å². The molecule has 9 nitrogen and oxygen atoms in total. The number of hydrogen-bond donors (Lipinski definition) is 3. The predicted molar refractivity (Wildman–Crippen MR) is 131 cm³/mol. The second-order valence-electron chi connectivity index (χ2n) is 11.2. The monoisotopic (exact) mass is 581 g/mol.